The van der Waals surface area contributed by atoms with E-state index < -0.39 is 0 Å². The number of carbonyl (C=O) groups excluding carboxylic acids is 1. The molecule has 3 N–H and O–H groups in total. The van der Waals surface area contributed by atoms with Crippen molar-refractivity contribution in [3.05, 3.63) is 11.8 Å². The van der Waals surface area contributed by atoms with Crippen LogP contribution in [0.4, 0.5) is 5.82 Å². The minimum absolute atomic E-state index is 0.0260. The molecular weight excluding hydrogens is 204 g/mol. The zero-order valence-corrected chi connectivity index (χ0v) is 10.4. The van der Waals surface area contributed by atoms with Gasteiger partial charge in [0.15, 0.2) is 5.82 Å². The largest absolute Gasteiger partial charge is 0.326 e. The predicted molar refractivity (Wildman–Crippen MR) is 63.8 cm³/mol. The lowest BCUT2D eigenvalue weighted by atomic mass is 9.92. The molecule has 1 aromatic heterocycles. The summed E-state index contributed by atoms with van der Waals surface area (Å²) in [6.07, 6.45) is 2.28. The van der Waals surface area contributed by atoms with Gasteiger partial charge in [-0.3, -0.25) is 9.48 Å². The lowest BCUT2D eigenvalue weighted by molar-refractivity contribution is -0.117. The van der Waals surface area contributed by atoms with Crippen molar-refractivity contribution in [3.63, 3.8) is 0 Å². The molecule has 16 heavy (non-hydrogen) atoms. The van der Waals surface area contributed by atoms with Crippen molar-refractivity contribution in [1.29, 1.82) is 0 Å². The number of aromatic nitrogens is 2. The van der Waals surface area contributed by atoms with Crippen molar-refractivity contribution in [2.45, 2.75) is 33.7 Å². The van der Waals surface area contributed by atoms with Gasteiger partial charge in [-0.25, -0.2) is 0 Å². The average Bonchev–Trinajstić information content (AvgIpc) is 2.42. The van der Waals surface area contributed by atoms with E-state index in [4.69, 9.17) is 5.73 Å². The Balaban J connectivity index is 2.69. The molecule has 0 saturated carbocycles. The molecule has 0 saturated heterocycles. The maximum absolute atomic E-state index is 11.7. The second-order valence-corrected chi connectivity index (χ2v) is 5.17. The van der Waals surface area contributed by atoms with Crippen LogP contribution in [-0.2, 0) is 18.4 Å². The Bertz CT molecular complexity index is 376. The number of nitrogens with two attached hydrogens (primary N) is 1. The Labute approximate surface area is 96.0 Å². The molecule has 5 nitrogen and oxygen atoms in total. The molecule has 0 radical (unpaired) electrons. The molecule has 1 rings (SSSR count). The normalized spacial score (nSPS) is 11.6. The van der Waals surface area contributed by atoms with Gasteiger partial charge in [-0.1, -0.05) is 20.8 Å². The fraction of sp³-hybridized carbons (Fsp3) is 0.636. The summed E-state index contributed by atoms with van der Waals surface area (Å²) in [5.41, 5.74) is 6.39. The van der Waals surface area contributed by atoms with Crippen LogP contribution in [0, 0.1) is 5.41 Å². The first-order chi connectivity index (χ1) is 7.31. The molecule has 1 aromatic rings. The fourth-order valence-electron chi connectivity index (χ4n) is 1.45. The molecule has 0 aliphatic heterocycles. The Morgan fingerprint density at radius 2 is 2.19 bits per heavy atom. The van der Waals surface area contributed by atoms with E-state index in [0.717, 1.165) is 5.56 Å². The third-order valence-electron chi connectivity index (χ3n) is 2.07. The lowest BCUT2D eigenvalue weighted by Crippen LogP contribution is -2.20. The highest BCUT2D eigenvalue weighted by Crippen LogP contribution is 2.20. The van der Waals surface area contributed by atoms with E-state index in [1.807, 2.05) is 27.0 Å². The van der Waals surface area contributed by atoms with Crippen molar-refractivity contribution in [3.8, 4) is 0 Å². The van der Waals surface area contributed by atoms with Crippen LogP contribution in [0.1, 0.15) is 32.8 Å². The van der Waals surface area contributed by atoms with Crippen molar-refractivity contribution < 1.29 is 4.79 Å². The van der Waals surface area contributed by atoms with Crippen molar-refractivity contribution in [2.75, 3.05) is 5.32 Å². The molecule has 1 heterocycles. The molecule has 1 amide bonds. The van der Waals surface area contributed by atoms with E-state index in [2.05, 4.69) is 10.4 Å². The third-order valence-corrected chi connectivity index (χ3v) is 2.07. The van der Waals surface area contributed by atoms with Gasteiger partial charge in [-0.15, -0.1) is 0 Å². The second kappa shape index (κ2) is 4.65. The number of hydrogen-bond acceptors (Lipinski definition) is 3. The van der Waals surface area contributed by atoms with E-state index >= 15 is 0 Å². The van der Waals surface area contributed by atoms with Gasteiger partial charge in [0.25, 0.3) is 0 Å². The van der Waals surface area contributed by atoms with Crippen LogP contribution in [-0.4, -0.2) is 15.7 Å². The van der Waals surface area contributed by atoms with Crippen LogP contribution < -0.4 is 11.1 Å². The van der Waals surface area contributed by atoms with Crippen molar-refractivity contribution >= 4 is 11.7 Å². The molecule has 90 valence electrons. The first kappa shape index (κ1) is 12.7. The summed E-state index contributed by atoms with van der Waals surface area (Å²) in [6.45, 7) is 6.44. The van der Waals surface area contributed by atoms with Crippen LogP contribution in [0.3, 0.4) is 0 Å². The Morgan fingerprint density at radius 1 is 1.56 bits per heavy atom. The molecule has 0 aliphatic rings. The number of aryl methyl sites for hydroxylation is 1. The summed E-state index contributed by atoms with van der Waals surface area (Å²) in [5.74, 6) is 0.542. The van der Waals surface area contributed by atoms with Crippen molar-refractivity contribution in [1.82, 2.24) is 9.78 Å². The van der Waals surface area contributed by atoms with Gasteiger partial charge in [-0.05, 0) is 5.41 Å². The first-order valence-electron chi connectivity index (χ1n) is 5.34. The van der Waals surface area contributed by atoms with Gasteiger partial charge < -0.3 is 11.1 Å². The monoisotopic (exact) mass is 224 g/mol. The molecule has 0 fully saturated rings. The molecule has 0 unspecified atom stereocenters. The van der Waals surface area contributed by atoms with Crippen molar-refractivity contribution in [2.24, 2.45) is 18.2 Å². The second-order valence-electron chi connectivity index (χ2n) is 5.17. The number of nitrogens with zero attached hydrogens (tertiary/aromatic N) is 2. The topological polar surface area (TPSA) is 72.9 Å². The average molecular weight is 224 g/mol. The minimum Gasteiger partial charge on any atom is -0.326 e. The standard InChI is InChI=1S/C11H20N4O/c1-11(2,3)5-9(16)13-10-8(6-12)7-15(4)14-10/h7H,5-6,12H2,1-4H3,(H,13,14,16). The molecular formula is C11H20N4O. The van der Waals surface area contributed by atoms with E-state index in [1.54, 1.807) is 11.7 Å². The number of hydrogen-bond donors (Lipinski definition) is 2. The fourth-order valence-corrected chi connectivity index (χ4v) is 1.45. The Hall–Kier alpha value is -1.36. The Kier molecular flexibility index (Phi) is 3.70. The highest BCUT2D eigenvalue weighted by molar-refractivity contribution is 5.90. The van der Waals surface area contributed by atoms with Crippen LogP contribution in [0.5, 0.6) is 0 Å². The number of nitrogens with one attached hydrogen (secondary N) is 1. The number of carbonyl (C=O) groups is 1. The SMILES string of the molecule is Cn1cc(CN)c(NC(=O)CC(C)(C)C)n1. The molecule has 0 atom stereocenters. The smallest absolute Gasteiger partial charge is 0.226 e. The van der Waals surface area contributed by atoms with Gasteiger partial charge in [0.05, 0.1) is 0 Å². The maximum atomic E-state index is 11.7. The lowest BCUT2D eigenvalue weighted by Gasteiger charge is -2.16. The summed E-state index contributed by atoms with van der Waals surface area (Å²) < 4.78 is 1.65. The maximum Gasteiger partial charge on any atom is 0.226 e. The first-order valence-corrected chi connectivity index (χ1v) is 5.34. The summed E-state index contributed by atoms with van der Waals surface area (Å²) in [7, 11) is 1.80. The molecule has 0 aliphatic carbocycles. The third kappa shape index (κ3) is 3.66. The van der Waals surface area contributed by atoms with E-state index in [0.29, 0.717) is 18.8 Å². The number of amides is 1. The Morgan fingerprint density at radius 3 is 2.69 bits per heavy atom. The van der Waals surface area contributed by atoms with Gasteiger partial charge in [-0.2, -0.15) is 5.10 Å². The summed E-state index contributed by atoms with van der Waals surface area (Å²) >= 11 is 0. The van der Waals surface area contributed by atoms with E-state index in [1.165, 1.54) is 0 Å². The van der Waals surface area contributed by atoms with Gasteiger partial charge in [0.2, 0.25) is 5.91 Å². The van der Waals surface area contributed by atoms with Crippen LogP contribution in [0.25, 0.3) is 0 Å². The van der Waals surface area contributed by atoms with Crippen LogP contribution in [0.2, 0.25) is 0 Å². The molecule has 5 heteroatoms. The van der Waals surface area contributed by atoms with Crippen LogP contribution >= 0.6 is 0 Å². The minimum atomic E-state index is -0.0269. The number of anilines is 1. The van der Waals surface area contributed by atoms with Gasteiger partial charge >= 0.3 is 0 Å². The zero-order valence-electron chi connectivity index (χ0n) is 10.4. The van der Waals surface area contributed by atoms with Gasteiger partial charge in [0, 0.05) is 31.8 Å². The predicted octanol–water partition coefficient (Wildman–Crippen LogP) is 1.25. The molecule has 0 aromatic carbocycles. The zero-order chi connectivity index (χ0) is 12.3. The summed E-state index contributed by atoms with van der Waals surface area (Å²) in [5, 5.41) is 6.94. The highest BCUT2D eigenvalue weighted by Gasteiger charge is 2.17. The molecule has 0 bridgehead atoms. The highest BCUT2D eigenvalue weighted by atomic mass is 16.1. The van der Waals surface area contributed by atoms with Crippen LogP contribution in [0.15, 0.2) is 6.20 Å². The molecule has 0 spiro atoms. The van der Waals surface area contributed by atoms with E-state index in [9.17, 15) is 4.79 Å². The number of rotatable bonds is 3. The van der Waals surface area contributed by atoms with Gasteiger partial charge in [0.1, 0.15) is 0 Å². The summed E-state index contributed by atoms with van der Waals surface area (Å²) in [6, 6.07) is 0. The van der Waals surface area contributed by atoms with E-state index in [-0.39, 0.29) is 11.3 Å². The summed E-state index contributed by atoms with van der Waals surface area (Å²) in [4.78, 5) is 11.7. The quantitative estimate of drug-likeness (QED) is 0.811.